The molecule has 4 heteroatoms. The van der Waals surface area contributed by atoms with Crippen LogP contribution >= 0.6 is 0 Å². The minimum Gasteiger partial charge on any atom is -0.485 e. The summed E-state index contributed by atoms with van der Waals surface area (Å²) in [4.78, 5) is 4.61. The van der Waals surface area contributed by atoms with Gasteiger partial charge in [0.2, 0.25) is 0 Å². The second kappa shape index (κ2) is 14.3. The average molecular weight is 749 g/mol. The van der Waals surface area contributed by atoms with E-state index in [1.54, 1.807) is 0 Å². The van der Waals surface area contributed by atoms with E-state index in [0.29, 0.717) is 0 Å². The number of ether oxygens (including phenoxy) is 2. The van der Waals surface area contributed by atoms with Crippen LogP contribution in [0.25, 0.3) is 22.3 Å². The highest BCUT2D eigenvalue weighted by molar-refractivity contribution is 5.80. The van der Waals surface area contributed by atoms with Crippen LogP contribution in [0.3, 0.4) is 0 Å². The van der Waals surface area contributed by atoms with Gasteiger partial charge in [0.25, 0.3) is 0 Å². The van der Waals surface area contributed by atoms with Crippen molar-refractivity contribution in [2.75, 3.05) is 9.80 Å². The highest BCUT2D eigenvalue weighted by Gasteiger charge is 2.35. The van der Waals surface area contributed by atoms with Gasteiger partial charge in [0.1, 0.15) is 23.7 Å². The van der Waals surface area contributed by atoms with Crippen LogP contribution in [-0.2, 0) is 0 Å². The number of anilines is 5. The van der Waals surface area contributed by atoms with Crippen molar-refractivity contribution in [2.24, 2.45) is 0 Å². The van der Waals surface area contributed by atoms with Crippen molar-refractivity contribution in [1.29, 1.82) is 0 Å². The average Bonchev–Trinajstić information content (AvgIpc) is 3.86. The van der Waals surface area contributed by atoms with Crippen molar-refractivity contribution in [2.45, 2.75) is 24.0 Å². The predicted molar refractivity (Wildman–Crippen MR) is 237 cm³/mol. The molecule has 2 heterocycles. The lowest BCUT2D eigenvalue weighted by molar-refractivity contribution is 0.267. The molecule has 0 amide bonds. The van der Waals surface area contributed by atoms with Crippen molar-refractivity contribution in [3.63, 3.8) is 0 Å². The molecule has 0 bridgehead atoms. The molecule has 4 aliphatic rings. The molecule has 2 aliphatic heterocycles. The lowest BCUT2D eigenvalue weighted by atomic mass is 9.90. The number of benzene rings is 7. The second-order valence-corrected chi connectivity index (χ2v) is 15.2. The minimum absolute atomic E-state index is 0.0274. The summed E-state index contributed by atoms with van der Waals surface area (Å²) in [7, 11) is 0. The summed E-state index contributed by atoms with van der Waals surface area (Å²) in [5, 5.41) is 0. The van der Waals surface area contributed by atoms with E-state index < -0.39 is 0 Å². The van der Waals surface area contributed by atoms with Crippen LogP contribution in [0.15, 0.2) is 224 Å². The van der Waals surface area contributed by atoms with E-state index in [2.05, 4.69) is 222 Å². The Hall–Kier alpha value is -7.30. The van der Waals surface area contributed by atoms with E-state index >= 15 is 0 Å². The molecule has 4 atom stereocenters. The number of fused-ring (bicyclic) bond motifs is 6. The van der Waals surface area contributed by atoms with Crippen LogP contribution < -0.4 is 19.3 Å². The van der Waals surface area contributed by atoms with Crippen molar-refractivity contribution in [1.82, 2.24) is 0 Å². The Bertz CT molecular complexity index is 2730. The fraction of sp³-hybridized carbons (Fsp3) is 0.0741. The zero-order chi connectivity index (χ0) is 38.4. The number of hydrogen-bond donors (Lipinski definition) is 0. The molecule has 11 rings (SSSR count). The van der Waals surface area contributed by atoms with E-state index in [-0.39, 0.29) is 24.0 Å². The van der Waals surface area contributed by atoms with Gasteiger partial charge < -0.3 is 19.3 Å². The fourth-order valence-corrected chi connectivity index (χ4v) is 8.86. The van der Waals surface area contributed by atoms with Gasteiger partial charge in [-0.2, -0.15) is 0 Å². The van der Waals surface area contributed by atoms with E-state index in [1.165, 1.54) is 33.4 Å². The highest BCUT2D eigenvalue weighted by atomic mass is 16.5. The van der Waals surface area contributed by atoms with Gasteiger partial charge in [0.15, 0.2) is 0 Å². The van der Waals surface area contributed by atoms with Crippen LogP contribution in [0.5, 0.6) is 11.5 Å². The van der Waals surface area contributed by atoms with Gasteiger partial charge in [-0.3, -0.25) is 0 Å². The number of hydrogen-bond acceptors (Lipinski definition) is 4. The molecule has 0 aromatic heterocycles. The topological polar surface area (TPSA) is 24.9 Å². The van der Waals surface area contributed by atoms with E-state index in [4.69, 9.17) is 9.47 Å². The van der Waals surface area contributed by atoms with Gasteiger partial charge in [-0.05, 0) is 101 Å². The molecule has 4 unspecified atom stereocenters. The van der Waals surface area contributed by atoms with Gasteiger partial charge in [0.05, 0.1) is 0 Å². The summed E-state index contributed by atoms with van der Waals surface area (Å²) >= 11 is 0. The van der Waals surface area contributed by atoms with Crippen molar-refractivity contribution in [3.05, 3.63) is 235 Å². The summed E-state index contributed by atoms with van der Waals surface area (Å²) in [6.07, 6.45) is 15.4. The van der Waals surface area contributed by atoms with E-state index in [1.807, 2.05) is 6.07 Å². The lowest BCUT2D eigenvalue weighted by Gasteiger charge is -2.30. The van der Waals surface area contributed by atoms with Crippen LogP contribution in [0.4, 0.5) is 28.4 Å². The normalized spacial score (nSPS) is 19.2. The minimum atomic E-state index is -0.0274. The zero-order valence-electron chi connectivity index (χ0n) is 31.8. The van der Waals surface area contributed by atoms with Gasteiger partial charge >= 0.3 is 0 Å². The summed E-state index contributed by atoms with van der Waals surface area (Å²) in [5.74, 6) is 2.43. The SMILES string of the molecule is C1=CC2Oc3cc(N(c4ccccc4)c4ccc(-c5ccc(-c6ccc(N(C7=CC8Oc9ccccc9C8C=C7)c7ccccc7)cc6)cc5)cc4)ccc3C2C=C1. The first-order valence-electron chi connectivity index (χ1n) is 20.1. The maximum atomic E-state index is 6.40. The Kier molecular flexibility index (Phi) is 8.40. The monoisotopic (exact) mass is 748 g/mol. The second-order valence-electron chi connectivity index (χ2n) is 15.2. The summed E-state index contributed by atoms with van der Waals surface area (Å²) in [6.45, 7) is 0. The van der Waals surface area contributed by atoms with Crippen LogP contribution in [0, 0.1) is 0 Å². The highest BCUT2D eigenvalue weighted by Crippen LogP contribution is 2.46. The maximum absolute atomic E-state index is 6.40. The molecular formula is C54H40N2O2. The molecule has 2 aliphatic carbocycles. The predicted octanol–water partition coefficient (Wildman–Crippen LogP) is 13.6. The standard InChI is InChI=1S/C54H40N2O2/c1-3-11-41(12-4-1)55(45-31-33-49-47-15-7-9-17-51(47)57-53(49)35-45)43-27-23-39(24-28-43)37-19-21-38(22-20-37)40-25-29-44(30-26-40)56(42-13-5-2-6-14-42)46-32-34-50-48-16-8-10-18-52(48)58-54(50)36-46/h1-36,47,50-51,54H. The van der Waals surface area contributed by atoms with E-state index in [9.17, 15) is 0 Å². The molecule has 0 spiro atoms. The first-order chi connectivity index (χ1) is 28.7. The quantitative estimate of drug-likeness (QED) is 0.154. The molecule has 0 fully saturated rings. The lowest BCUT2D eigenvalue weighted by Crippen LogP contribution is -2.24. The number of para-hydroxylation sites is 3. The Labute approximate surface area is 339 Å². The molecule has 0 radical (unpaired) electrons. The van der Waals surface area contributed by atoms with Crippen LogP contribution in [0.1, 0.15) is 23.0 Å². The molecule has 7 aromatic rings. The summed E-state index contributed by atoms with van der Waals surface area (Å²) in [6, 6.07) is 62.7. The first kappa shape index (κ1) is 34.0. The zero-order valence-corrected chi connectivity index (χ0v) is 31.8. The van der Waals surface area contributed by atoms with Gasteiger partial charge in [-0.15, -0.1) is 0 Å². The molecule has 7 aromatic carbocycles. The Morgan fingerprint density at radius 1 is 0.362 bits per heavy atom. The molecule has 58 heavy (non-hydrogen) atoms. The van der Waals surface area contributed by atoms with Crippen molar-refractivity contribution < 1.29 is 9.47 Å². The molecule has 278 valence electrons. The molecule has 0 N–H and O–H groups in total. The number of nitrogens with zero attached hydrogens (tertiary/aromatic N) is 2. The molecule has 0 saturated carbocycles. The Balaban J connectivity index is 0.838. The Morgan fingerprint density at radius 3 is 1.52 bits per heavy atom. The van der Waals surface area contributed by atoms with Crippen molar-refractivity contribution in [3.8, 4) is 33.8 Å². The number of allylic oxidation sites excluding steroid dienone is 3. The van der Waals surface area contributed by atoms with Crippen molar-refractivity contribution >= 4 is 28.4 Å². The molecular weight excluding hydrogens is 709 g/mol. The molecule has 0 saturated heterocycles. The first-order valence-corrected chi connectivity index (χ1v) is 20.1. The third-order valence-electron chi connectivity index (χ3n) is 11.8. The van der Waals surface area contributed by atoms with Gasteiger partial charge in [0, 0.05) is 63.2 Å². The van der Waals surface area contributed by atoms with Crippen LogP contribution in [0.2, 0.25) is 0 Å². The third-order valence-corrected chi connectivity index (χ3v) is 11.8. The maximum Gasteiger partial charge on any atom is 0.130 e. The van der Waals surface area contributed by atoms with E-state index in [0.717, 1.165) is 45.6 Å². The summed E-state index contributed by atoms with van der Waals surface area (Å²) in [5.41, 5.74) is 13.7. The Morgan fingerprint density at radius 2 is 0.845 bits per heavy atom. The number of rotatable bonds is 8. The summed E-state index contributed by atoms with van der Waals surface area (Å²) < 4.78 is 12.8. The fourth-order valence-electron chi connectivity index (χ4n) is 8.86. The van der Waals surface area contributed by atoms with Gasteiger partial charge in [-0.25, -0.2) is 0 Å². The molecule has 4 nitrogen and oxygen atoms in total. The largest absolute Gasteiger partial charge is 0.485 e. The van der Waals surface area contributed by atoms with Gasteiger partial charge in [-0.1, -0.05) is 133 Å². The smallest absolute Gasteiger partial charge is 0.130 e. The van der Waals surface area contributed by atoms with Crippen LogP contribution in [-0.4, -0.2) is 12.2 Å². The third kappa shape index (κ3) is 6.11.